The van der Waals surface area contributed by atoms with Gasteiger partial charge in [-0.15, -0.1) is 0 Å². The van der Waals surface area contributed by atoms with E-state index in [4.69, 9.17) is 0 Å². The third-order valence-electron chi connectivity index (χ3n) is 2.86. The van der Waals surface area contributed by atoms with Gasteiger partial charge in [-0.3, -0.25) is 0 Å². The van der Waals surface area contributed by atoms with Crippen LogP contribution in [0, 0.1) is 6.92 Å². The van der Waals surface area contributed by atoms with Crippen LogP contribution >= 0.6 is 0 Å². The zero-order chi connectivity index (χ0) is 15.3. The van der Waals surface area contributed by atoms with Crippen LogP contribution in [0.25, 0.3) is 0 Å². The number of hydrogen-bond donors (Lipinski definition) is 1. The van der Waals surface area contributed by atoms with Crippen molar-refractivity contribution in [3.8, 4) is 0 Å². The fourth-order valence-corrected chi connectivity index (χ4v) is 1.73. The molecule has 1 heterocycles. The van der Waals surface area contributed by atoms with Crippen molar-refractivity contribution >= 4 is 5.95 Å². The molecule has 0 fully saturated rings. The fourth-order valence-electron chi connectivity index (χ4n) is 1.73. The molecular formula is C13H21F3N4. The van der Waals surface area contributed by atoms with E-state index in [0.717, 1.165) is 17.0 Å². The van der Waals surface area contributed by atoms with Crippen LogP contribution in [-0.2, 0) is 6.54 Å². The zero-order valence-corrected chi connectivity index (χ0v) is 12.3. The first-order valence-corrected chi connectivity index (χ1v) is 6.61. The summed E-state index contributed by atoms with van der Waals surface area (Å²) in [4.78, 5) is 9.44. The average molecular weight is 290 g/mol. The highest BCUT2D eigenvalue weighted by molar-refractivity contribution is 5.34. The SMILES string of the molecule is CCNCc1cnc(N(CC(F)(F)F)C(C)C)nc1C. The van der Waals surface area contributed by atoms with Crippen molar-refractivity contribution in [1.29, 1.82) is 0 Å². The summed E-state index contributed by atoms with van der Waals surface area (Å²) in [5, 5.41) is 3.14. The van der Waals surface area contributed by atoms with Crippen LogP contribution in [0.15, 0.2) is 6.20 Å². The first-order valence-electron chi connectivity index (χ1n) is 6.61. The lowest BCUT2D eigenvalue weighted by molar-refractivity contribution is -0.120. The number of halogens is 3. The number of anilines is 1. The summed E-state index contributed by atoms with van der Waals surface area (Å²) in [7, 11) is 0. The molecule has 0 aliphatic carbocycles. The Hall–Kier alpha value is -1.37. The Morgan fingerprint density at radius 2 is 2.00 bits per heavy atom. The minimum Gasteiger partial charge on any atom is -0.329 e. The molecule has 7 heteroatoms. The summed E-state index contributed by atoms with van der Waals surface area (Å²) in [5.74, 6) is 0.120. The van der Waals surface area contributed by atoms with Gasteiger partial charge in [0.15, 0.2) is 0 Å². The van der Waals surface area contributed by atoms with E-state index in [2.05, 4.69) is 15.3 Å². The molecule has 0 saturated carbocycles. The van der Waals surface area contributed by atoms with Crippen molar-refractivity contribution in [2.45, 2.75) is 46.5 Å². The molecule has 20 heavy (non-hydrogen) atoms. The molecule has 1 aromatic heterocycles. The molecule has 1 N–H and O–H groups in total. The maximum absolute atomic E-state index is 12.6. The monoisotopic (exact) mass is 290 g/mol. The highest BCUT2D eigenvalue weighted by atomic mass is 19.4. The summed E-state index contributed by atoms with van der Waals surface area (Å²) in [6, 6.07) is -0.323. The quantitative estimate of drug-likeness (QED) is 0.874. The summed E-state index contributed by atoms with van der Waals surface area (Å²) in [6.07, 6.45) is -2.68. The maximum atomic E-state index is 12.6. The molecule has 114 valence electrons. The van der Waals surface area contributed by atoms with Gasteiger partial charge < -0.3 is 10.2 Å². The van der Waals surface area contributed by atoms with E-state index in [-0.39, 0.29) is 12.0 Å². The number of nitrogens with zero attached hydrogens (tertiary/aromatic N) is 3. The van der Waals surface area contributed by atoms with Crippen molar-refractivity contribution < 1.29 is 13.2 Å². The largest absolute Gasteiger partial charge is 0.406 e. The predicted molar refractivity (Wildman–Crippen MR) is 72.7 cm³/mol. The Labute approximate surface area is 117 Å². The smallest absolute Gasteiger partial charge is 0.329 e. The van der Waals surface area contributed by atoms with Crippen molar-refractivity contribution in [2.24, 2.45) is 0 Å². The minimum atomic E-state index is -4.27. The second-order valence-electron chi connectivity index (χ2n) is 4.90. The zero-order valence-electron chi connectivity index (χ0n) is 12.3. The van der Waals surface area contributed by atoms with Crippen molar-refractivity contribution in [1.82, 2.24) is 15.3 Å². The number of alkyl halides is 3. The Bertz CT molecular complexity index is 432. The number of hydrogen-bond acceptors (Lipinski definition) is 4. The van der Waals surface area contributed by atoms with E-state index in [1.807, 2.05) is 6.92 Å². The van der Waals surface area contributed by atoms with Gasteiger partial charge in [0.05, 0.1) is 0 Å². The van der Waals surface area contributed by atoms with Crippen LogP contribution in [0.2, 0.25) is 0 Å². The lowest BCUT2D eigenvalue weighted by Gasteiger charge is -2.28. The summed E-state index contributed by atoms with van der Waals surface area (Å²) in [5.41, 5.74) is 1.59. The van der Waals surface area contributed by atoms with Gasteiger partial charge in [0, 0.05) is 30.0 Å². The van der Waals surface area contributed by atoms with Crippen LogP contribution in [-0.4, -0.2) is 35.3 Å². The first kappa shape index (κ1) is 16.7. The number of rotatable bonds is 6. The van der Waals surface area contributed by atoms with Crippen LogP contribution in [0.3, 0.4) is 0 Å². The average Bonchev–Trinajstić information content (AvgIpc) is 2.33. The fraction of sp³-hybridized carbons (Fsp3) is 0.692. The third kappa shape index (κ3) is 4.96. The van der Waals surface area contributed by atoms with E-state index >= 15 is 0 Å². The second-order valence-corrected chi connectivity index (χ2v) is 4.90. The molecule has 0 unspecified atom stereocenters. The molecule has 0 spiro atoms. The molecule has 0 aromatic carbocycles. The van der Waals surface area contributed by atoms with Gasteiger partial charge in [-0.05, 0) is 27.3 Å². The Balaban J connectivity index is 2.95. The molecule has 0 atom stereocenters. The molecule has 0 aliphatic rings. The number of aromatic nitrogens is 2. The molecular weight excluding hydrogens is 269 g/mol. The minimum absolute atomic E-state index is 0.120. The van der Waals surface area contributed by atoms with Gasteiger partial charge in [-0.1, -0.05) is 6.92 Å². The van der Waals surface area contributed by atoms with Gasteiger partial charge in [0.1, 0.15) is 6.54 Å². The molecule has 1 aromatic rings. The topological polar surface area (TPSA) is 41.1 Å². The molecule has 0 aliphatic heterocycles. The molecule has 0 radical (unpaired) electrons. The van der Waals surface area contributed by atoms with Crippen LogP contribution < -0.4 is 10.2 Å². The first-order chi connectivity index (χ1) is 9.24. The Morgan fingerprint density at radius 3 is 2.45 bits per heavy atom. The predicted octanol–water partition coefficient (Wildman–Crippen LogP) is 2.67. The van der Waals surface area contributed by atoms with Crippen LogP contribution in [0.1, 0.15) is 32.0 Å². The molecule has 0 amide bonds. The van der Waals surface area contributed by atoms with E-state index in [0.29, 0.717) is 12.2 Å². The second kappa shape index (κ2) is 6.88. The summed E-state index contributed by atoms with van der Waals surface area (Å²) in [6.45, 7) is 7.53. The van der Waals surface area contributed by atoms with E-state index in [1.165, 1.54) is 0 Å². The lowest BCUT2D eigenvalue weighted by atomic mass is 10.2. The number of nitrogens with one attached hydrogen (secondary N) is 1. The summed E-state index contributed by atoms with van der Waals surface area (Å²) < 4.78 is 37.8. The van der Waals surface area contributed by atoms with Crippen molar-refractivity contribution in [3.05, 3.63) is 17.5 Å². The van der Waals surface area contributed by atoms with Gasteiger partial charge in [0.25, 0.3) is 0 Å². The van der Waals surface area contributed by atoms with Crippen LogP contribution in [0.5, 0.6) is 0 Å². The highest BCUT2D eigenvalue weighted by Crippen LogP contribution is 2.22. The van der Waals surface area contributed by atoms with Gasteiger partial charge in [-0.2, -0.15) is 13.2 Å². The normalized spacial score (nSPS) is 12.0. The van der Waals surface area contributed by atoms with E-state index in [9.17, 15) is 13.2 Å². The molecule has 1 rings (SSSR count). The van der Waals surface area contributed by atoms with Gasteiger partial charge in [-0.25, -0.2) is 9.97 Å². The number of aryl methyl sites for hydroxylation is 1. The van der Waals surface area contributed by atoms with Crippen molar-refractivity contribution in [3.63, 3.8) is 0 Å². The highest BCUT2D eigenvalue weighted by Gasteiger charge is 2.33. The Morgan fingerprint density at radius 1 is 1.35 bits per heavy atom. The standard InChI is InChI=1S/C13H21F3N4/c1-5-17-6-11-7-18-12(19-10(11)4)20(9(2)3)8-13(14,15)16/h7,9,17H,5-6,8H2,1-4H3. The molecule has 4 nitrogen and oxygen atoms in total. The van der Waals surface area contributed by atoms with E-state index in [1.54, 1.807) is 27.0 Å². The molecule has 0 bridgehead atoms. The van der Waals surface area contributed by atoms with Gasteiger partial charge in [0.2, 0.25) is 5.95 Å². The molecule has 0 saturated heterocycles. The van der Waals surface area contributed by atoms with E-state index < -0.39 is 12.7 Å². The lowest BCUT2D eigenvalue weighted by Crippen LogP contribution is -2.40. The summed E-state index contributed by atoms with van der Waals surface area (Å²) >= 11 is 0. The van der Waals surface area contributed by atoms with Crippen molar-refractivity contribution in [2.75, 3.05) is 18.0 Å². The third-order valence-corrected chi connectivity index (χ3v) is 2.86. The van der Waals surface area contributed by atoms with Crippen LogP contribution in [0.4, 0.5) is 19.1 Å². The Kier molecular flexibility index (Phi) is 5.74. The maximum Gasteiger partial charge on any atom is 0.406 e. The van der Waals surface area contributed by atoms with Gasteiger partial charge >= 0.3 is 6.18 Å².